The van der Waals surface area contributed by atoms with E-state index in [1.807, 2.05) is 12.1 Å². The first-order valence-electron chi connectivity index (χ1n) is 7.96. The summed E-state index contributed by atoms with van der Waals surface area (Å²) in [6.45, 7) is 2.28. The van der Waals surface area contributed by atoms with Crippen LogP contribution in [-0.2, 0) is 6.54 Å². The molecule has 1 aromatic heterocycles. The molecule has 0 saturated carbocycles. The Labute approximate surface area is 149 Å². The van der Waals surface area contributed by atoms with Gasteiger partial charge in [-0.1, -0.05) is 11.6 Å². The topological polar surface area (TPSA) is 88.4 Å². The van der Waals surface area contributed by atoms with Gasteiger partial charge in [0.25, 0.3) is 11.6 Å². The van der Waals surface area contributed by atoms with Crippen LogP contribution in [0.1, 0.15) is 28.8 Å². The molecule has 1 aromatic carbocycles. The second-order valence-electron chi connectivity index (χ2n) is 5.82. The summed E-state index contributed by atoms with van der Waals surface area (Å²) in [5.74, 6) is 0.450. The molecule has 0 unspecified atom stereocenters. The Balaban J connectivity index is 1.69. The summed E-state index contributed by atoms with van der Waals surface area (Å²) < 4.78 is 0. The predicted molar refractivity (Wildman–Crippen MR) is 95.0 cm³/mol. The van der Waals surface area contributed by atoms with E-state index in [-0.39, 0.29) is 16.3 Å². The number of nitrogens with zero attached hydrogens (tertiary/aromatic N) is 3. The molecule has 3 rings (SSSR count). The molecule has 1 saturated heterocycles. The zero-order chi connectivity index (χ0) is 17.8. The first kappa shape index (κ1) is 17.2. The zero-order valence-electron chi connectivity index (χ0n) is 13.4. The van der Waals surface area contributed by atoms with Crippen molar-refractivity contribution in [1.82, 2.24) is 10.3 Å². The largest absolute Gasteiger partial charge is 0.357 e. The number of aromatic nitrogens is 1. The van der Waals surface area contributed by atoms with Crippen molar-refractivity contribution in [1.29, 1.82) is 0 Å². The van der Waals surface area contributed by atoms with E-state index in [2.05, 4.69) is 15.2 Å². The van der Waals surface area contributed by atoms with E-state index >= 15 is 0 Å². The van der Waals surface area contributed by atoms with Gasteiger partial charge in [0.15, 0.2) is 0 Å². The molecule has 1 aliphatic heterocycles. The fourth-order valence-corrected chi connectivity index (χ4v) is 2.97. The second-order valence-corrected chi connectivity index (χ2v) is 6.23. The minimum Gasteiger partial charge on any atom is -0.357 e. The number of carbonyl (C=O) groups is 1. The Bertz CT molecular complexity index is 806. The van der Waals surface area contributed by atoms with Gasteiger partial charge in [-0.05, 0) is 36.6 Å². The van der Waals surface area contributed by atoms with Crippen molar-refractivity contribution < 1.29 is 9.72 Å². The molecule has 1 fully saturated rings. The molecular weight excluding hydrogens is 344 g/mol. The molecule has 1 N–H and O–H groups in total. The Morgan fingerprint density at radius 2 is 2.04 bits per heavy atom. The highest BCUT2D eigenvalue weighted by molar-refractivity contribution is 6.33. The number of nitro benzene ring substituents is 1. The number of carbonyl (C=O) groups excluding carboxylic acids is 1. The molecule has 25 heavy (non-hydrogen) atoms. The summed E-state index contributed by atoms with van der Waals surface area (Å²) in [4.78, 5) is 29.2. The highest BCUT2D eigenvalue weighted by Crippen LogP contribution is 2.22. The first-order valence-corrected chi connectivity index (χ1v) is 8.34. The smallest absolute Gasteiger partial charge is 0.270 e. The van der Waals surface area contributed by atoms with Crippen LogP contribution >= 0.6 is 11.6 Å². The lowest BCUT2D eigenvalue weighted by Gasteiger charge is -2.17. The number of pyridine rings is 1. The van der Waals surface area contributed by atoms with Crippen molar-refractivity contribution in [2.75, 3.05) is 18.0 Å². The van der Waals surface area contributed by atoms with Crippen LogP contribution in [0.4, 0.5) is 11.5 Å². The molecule has 0 atom stereocenters. The van der Waals surface area contributed by atoms with Gasteiger partial charge in [-0.2, -0.15) is 0 Å². The van der Waals surface area contributed by atoms with Gasteiger partial charge < -0.3 is 10.2 Å². The number of hydrogen-bond donors (Lipinski definition) is 1. The van der Waals surface area contributed by atoms with Gasteiger partial charge in [0.1, 0.15) is 5.82 Å². The lowest BCUT2D eigenvalue weighted by atomic mass is 10.1. The van der Waals surface area contributed by atoms with Gasteiger partial charge in [-0.15, -0.1) is 0 Å². The standard InChI is InChI=1S/C17H17ClN4O3/c18-15-4-3-13(22(24)25)10-14(15)17(23)20-11-12-5-6-19-16(9-12)21-7-1-2-8-21/h3-6,9-10H,1-2,7-8,11H2,(H,20,23). The Morgan fingerprint density at radius 1 is 1.28 bits per heavy atom. The van der Waals surface area contributed by atoms with E-state index in [0.717, 1.165) is 37.3 Å². The molecule has 0 radical (unpaired) electrons. The van der Waals surface area contributed by atoms with Crippen LogP contribution in [0.3, 0.4) is 0 Å². The van der Waals surface area contributed by atoms with E-state index in [1.165, 1.54) is 18.2 Å². The van der Waals surface area contributed by atoms with Gasteiger partial charge in [-0.3, -0.25) is 14.9 Å². The summed E-state index contributed by atoms with van der Waals surface area (Å²) in [7, 11) is 0. The molecule has 0 aliphatic carbocycles. The Kier molecular flexibility index (Phi) is 5.14. The number of nitrogens with one attached hydrogen (secondary N) is 1. The molecule has 8 heteroatoms. The van der Waals surface area contributed by atoms with E-state index in [1.54, 1.807) is 6.20 Å². The van der Waals surface area contributed by atoms with Crippen molar-refractivity contribution in [2.45, 2.75) is 19.4 Å². The van der Waals surface area contributed by atoms with Gasteiger partial charge in [0.05, 0.1) is 15.5 Å². The second kappa shape index (κ2) is 7.48. The molecule has 2 aromatic rings. The molecule has 7 nitrogen and oxygen atoms in total. The average Bonchev–Trinajstić information content (AvgIpc) is 3.15. The molecule has 0 spiro atoms. The third-order valence-electron chi connectivity index (χ3n) is 4.10. The summed E-state index contributed by atoms with van der Waals surface area (Å²) in [6.07, 6.45) is 4.04. The van der Waals surface area contributed by atoms with Gasteiger partial charge >= 0.3 is 0 Å². The lowest BCUT2D eigenvalue weighted by molar-refractivity contribution is -0.384. The molecule has 0 bridgehead atoms. The summed E-state index contributed by atoms with van der Waals surface area (Å²) in [5.41, 5.74) is 0.825. The number of anilines is 1. The molecular formula is C17H17ClN4O3. The molecule has 2 heterocycles. The number of rotatable bonds is 5. The molecule has 130 valence electrons. The van der Waals surface area contributed by atoms with Crippen LogP contribution in [0.15, 0.2) is 36.5 Å². The third-order valence-corrected chi connectivity index (χ3v) is 4.43. The maximum atomic E-state index is 12.3. The number of benzene rings is 1. The monoisotopic (exact) mass is 360 g/mol. The van der Waals surface area contributed by atoms with E-state index in [0.29, 0.717) is 6.54 Å². The highest BCUT2D eigenvalue weighted by Gasteiger charge is 2.16. The van der Waals surface area contributed by atoms with Crippen LogP contribution < -0.4 is 10.2 Å². The van der Waals surface area contributed by atoms with Crippen LogP contribution in [0.25, 0.3) is 0 Å². The minimum absolute atomic E-state index is 0.0877. The SMILES string of the molecule is O=C(NCc1ccnc(N2CCCC2)c1)c1cc([N+](=O)[O-])ccc1Cl. The Morgan fingerprint density at radius 3 is 2.76 bits per heavy atom. The van der Waals surface area contributed by atoms with Crippen LogP contribution in [0, 0.1) is 10.1 Å². The zero-order valence-corrected chi connectivity index (χ0v) is 14.2. The van der Waals surface area contributed by atoms with Crippen LogP contribution in [-0.4, -0.2) is 28.9 Å². The van der Waals surface area contributed by atoms with Crippen molar-refractivity contribution >= 4 is 29.0 Å². The number of hydrogen-bond acceptors (Lipinski definition) is 5. The number of halogens is 1. The van der Waals surface area contributed by atoms with Crippen LogP contribution in [0.2, 0.25) is 5.02 Å². The van der Waals surface area contributed by atoms with Crippen LogP contribution in [0.5, 0.6) is 0 Å². The summed E-state index contributed by atoms with van der Waals surface area (Å²) >= 11 is 5.99. The quantitative estimate of drug-likeness (QED) is 0.653. The Hall–Kier alpha value is -2.67. The van der Waals surface area contributed by atoms with Gasteiger partial charge in [0.2, 0.25) is 0 Å². The van der Waals surface area contributed by atoms with Crippen molar-refractivity contribution in [2.24, 2.45) is 0 Å². The maximum Gasteiger partial charge on any atom is 0.270 e. The number of nitro groups is 1. The average molecular weight is 361 g/mol. The number of amides is 1. The normalized spacial score (nSPS) is 13.7. The number of non-ortho nitro benzene ring substituents is 1. The highest BCUT2D eigenvalue weighted by atomic mass is 35.5. The molecule has 1 aliphatic rings. The van der Waals surface area contributed by atoms with E-state index < -0.39 is 10.8 Å². The predicted octanol–water partition coefficient (Wildman–Crippen LogP) is 3.17. The first-order chi connectivity index (χ1) is 12.0. The minimum atomic E-state index is -0.557. The maximum absolute atomic E-state index is 12.3. The fourth-order valence-electron chi connectivity index (χ4n) is 2.77. The summed E-state index contributed by atoms with van der Waals surface area (Å²) in [6, 6.07) is 7.58. The van der Waals surface area contributed by atoms with E-state index in [9.17, 15) is 14.9 Å². The van der Waals surface area contributed by atoms with Crippen molar-refractivity contribution in [3.8, 4) is 0 Å². The molecule has 1 amide bonds. The van der Waals surface area contributed by atoms with Gasteiger partial charge in [-0.25, -0.2) is 4.98 Å². The lowest BCUT2D eigenvalue weighted by Crippen LogP contribution is -2.24. The third kappa shape index (κ3) is 4.06. The van der Waals surface area contributed by atoms with Crippen molar-refractivity contribution in [3.63, 3.8) is 0 Å². The van der Waals surface area contributed by atoms with Gasteiger partial charge in [0, 0.05) is 38.0 Å². The fraction of sp³-hybridized carbons (Fsp3) is 0.294. The summed E-state index contributed by atoms with van der Waals surface area (Å²) in [5, 5.41) is 13.8. The van der Waals surface area contributed by atoms with E-state index in [4.69, 9.17) is 11.6 Å². The van der Waals surface area contributed by atoms with Crippen molar-refractivity contribution in [3.05, 3.63) is 62.8 Å².